The van der Waals surface area contributed by atoms with E-state index in [1.54, 1.807) is 11.6 Å². The summed E-state index contributed by atoms with van der Waals surface area (Å²) in [7, 11) is 1.73. The molecule has 1 aliphatic rings. The third-order valence-electron chi connectivity index (χ3n) is 6.03. The van der Waals surface area contributed by atoms with Gasteiger partial charge in [0.25, 0.3) is 0 Å². The van der Waals surface area contributed by atoms with Gasteiger partial charge < -0.3 is 0 Å². The number of hydrogen-bond acceptors (Lipinski definition) is 4. The van der Waals surface area contributed by atoms with Gasteiger partial charge in [-0.15, -0.1) is 5.10 Å². The molecule has 0 N–H and O–H groups in total. The van der Waals surface area contributed by atoms with Crippen molar-refractivity contribution in [2.75, 3.05) is 11.6 Å². The first kappa shape index (κ1) is 22.4. The molecule has 1 aromatic heterocycles. The van der Waals surface area contributed by atoms with E-state index in [0.29, 0.717) is 35.5 Å². The van der Waals surface area contributed by atoms with Crippen LogP contribution in [0, 0.1) is 0 Å². The number of hydrogen-bond donors (Lipinski definition) is 0. The predicted octanol–water partition coefficient (Wildman–Crippen LogP) is 5.14. The van der Waals surface area contributed by atoms with Gasteiger partial charge in [0.15, 0.2) is 0 Å². The molecule has 0 bridgehead atoms. The molecule has 0 fully saturated rings. The van der Waals surface area contributed by atoms with E-state index in [4.69, 9.17) is 28.3 Å². The van der Waals surface area contributed by atoms with E-state index in [1.807, 2.05) is 71.7 Å². The number of benzene rings is 3. The molecule has 0 spiro atoms. The van der Waals surface area contributed by atoms with E-state index < -0.39 is 0 Å². The van der Waals surface area contributed by atoms with E-state index in [-0.39, 0.29) is 11.6 Å². The van der Waals surface area contributed by atoms with Gasteiger partial charge in [0.05, 0.1) is 18.8 Å². The highest BCUT2D eigenvalue weighted by Gasteiger charge is 2.32. The summed E-state index contributed by atoms with van der Waals surface area (Å²) < 4.78 is 3.05. The molecular weight excluding hydrogens is 469 g/mol. The maximum atomic E-state index is 12.9. The number of rotatable bonds is 6. The second-order valence-corrected chi connectivity index (χ2v) is 9.15. The SMILES string of the molecule is Cn1c(N2C[C@@H](c3ccccc3)C(c3ccc(Cl)cc3)=N2)nn(CCc2ccc(Cl)cc2)c1=O. The largest absolute Gasteiger partial charge is 0.347 e. The second-order valence-electron chi connectivity index (χ2n) is 8.28. The van der Waals surface area contributed by atoms with Crippen molar-refractivity contribution in [2.45, 2.75) is 18.9 Å². The Kier molecular flexibility index (Phi) is 6.26. The van der Waals surface area contributed by atoms with Crippen molar-refractivity contribution in [3.63, 3.8) is 0 Å². The van der Waals surface area contributed by atoms with Crippen LogP contribution in [0.2, 0.25) is 10.0 Å². The summed E-state index contributed by atoms with van der Waals surface area (Å²) in [4.78, 5) is 12.9. The van der Waals surface area contributed by atoms with Crippen molar-refractivity contribution >= 4 is 34.9 Å². The number of aromatic nitrogens is 3. The third kappa shape index (κ3) is 4.52. The molecule has 0 saturated heterocycles. The van der Waals surface area contributed by atoms with Crippen molar-refractivity contribution in [1.29, 1.82) is 0 Å². The van der Waals surface area contributed by atoms with Gasteiger partial charge in [-0.2, -0.15) is 5.10 Å². The smallest absolute Gasteiger partial charge is 0.263 e. The molecule has 34 heavy (non-hydrogen) atoms. The Morgan fingerprint density at radius 1 is 0.912 bits per heavy atom. The summed E-state index contributed by atoms with van der Waals surface area (Å²) in [6.07, 6.45) is 0.680. The van der Waals surface area contributed by atoms with Crippen LogP contribution in [0.4, 0.5) is 5.95 Å². The van der Waals surface area contributed by atoms with E-state index in [2.05, 4.69) is 17.2 Å². The summed E-state index contributed by atoms with van der Waals surface area (Å²) in [5.41, 5.74) is 4.00. The normalized spacial score (nSPS) is 15.6. The molecule has 4 aromatic rings. The maximum Gasteiger partial charge on any atom is 0.347 e. The molecule has 0 amide bonds. The lowest BCUT2D eigenvalue weighted by atomic mass is 9.91. The van der Waals surface area contributed by atoms with Crippen LogP contribution in [0.3, 0.4) is 0 Å². The molecule has 0 unspecified atom stereocenters. The number of hydrazone groups is 1. The Labute approximate surface area is 207 Å². The number of nitrogens with zero attached hydrogens (tertiary/aromatic N) is 5. The van der Waals surface area contributed by atoms with Crippen LogP contribution in [-0.2, 0) is 20.0 Å². The van der Waals surface area contributed by atoms with Crippen molar-refractivity contribution in [1.82, 2.24) is 14.3 Å². The van der Waals surface area contributed by atoms with Gasteiger partial charge in [0, 0.05) is 23.0 Å². The van der Waals surface area contributed by atoms with Gasteiger partial charge in [-0.05, 0) is 47.4 Å². The molecule has 1 aliphatic heterocycles. The third-order valence-corrected chi connectivity index (χ3v) is 6.53. The Balaban J connectivity index is 1.45. The van der Waals surface area contributed by atoms with Crippen LogP contribution >= 0.6 is 23.2 Å². The minimum atomic E-state index is -0.171. The van der Waals surface area contributed by atoms with Crippen molar-refractivity contribution in [3.05, 3.63) is 116 Å². The van der Waals surface area contributed by atoms with Gasteiger partial charge in [-0.25, -0.2) is 14.5 Å². The molecule has 0 radical (unpaired) electrons. The van der Waals surface area contributed by atoms with Crippen LogP contribution < -0.4 is 10.7 Å². The molecule has 3 aromatic carbocycles. The Morgan fingerprint density at radius 3 is 2.24 bits per heavy atom. The fraction of sp³-hybridized carbons (Fsp3) is 0.192. The zero-order chi connectivity index (χ0) is 23.7. The summed E-state index contributed by atoms with van der Waals surface area (Å²) >= 11 is 12.1. The summed E-state index contributed by atoms with van der Waals surface area (Å²) in [6, 6.07) is 25.6. The van der Waals surface area contributed by atoms with Gasteiger partial charge in [0.2, 0.25) is 5.95 Å². The van der Waals surface area contributed by atoms with Crippen molar-refractivity contribution < 1.29 is 0 Å². The molecule has 0 aliphatic carbocycles. The summed E-state index contributed by atoms with van der Waals surface area (Å²) in [6.45, 7) is 1.06. The zero-order valence-electron chi connectivity index (χ0n) is 18.6. The van der Waals surface area contributed by atoms with E-state index in [0.717, 1.165) is 22.4 Å². The van der Waals surface area contributed by atoms with E-state index >= 15 is 0 Å². The van der Waals surface area contributed by atoms with Crippen LogP contribution in [-0.4, -0.2) is 26.6 Å². The Morgan fingerprint density at radius 2 is 1.56 bits per heavy atom. The highest BCUT2D eigenvalue weighted by Crippen LogP contribution is 2.31. The summed E-state index contributed by atoms with van der Waals surface area (Å²) in [5.74, 6) is 0.558. The average molecular weight is 492 g/mol. The number of anilines is 1. The molecule has 2 heterocycles. The lowest BCUT2D eigenvalue weighted by Gasteiger charge is -2.15. The molecule has 1 atom stereocenters. The highest BCUT2D eigenvalue weighted by molar-refractivity contribution is 6.31. The Hall–Kier alpha value is -3.35. The molecule has 172 valence electrons. The number of aryl methyl sites for hydroxylation is 2. The monoisotopic (exact) mass is 491 g/mol. The lowest BCUT2D eigenvalue weighted by Crippen LogP contribution is -2.25. The predicted molar refractivity (Wildman–Crippen MR) is 137 cm³/mol. The van der Waals surface area contributed by atoms with Gasteiger partial charge in [0.1, 0.15) is 0 Å². The average Bonchev–Trinajstić information content (AvgIpc) is 3.42. The first-order valence-corrected chi connectivity index (χ1v) is 11.8. The van der Waals surface area contributed by atoms with Crippen LogP contribution in [0.25, 0.3) is 0 Å². The standard InChI is InChI=1S/C26H23Cl2N5O/c1-31-25(30-32(26(31)34)16-15-18-7-11-21(27)12-8-18)33-17-23(19-5-3-2-4-6-19)24(29-33)20-9-13-22(28)14-10-20/h2-14,23H,15-17H2,1H3/t23-/m0/s1. The van der Waals surface area contributed by atoms with Gasteiger partial charge >= 0.3 is 5.69 Å². The minimum Gasteiger partial charge on any atom is -0.263 e. The molecule has 0 saturated carbocycles. The Bertz CT molecular complexity index is 1380. The fourth-order valence-electron chi connectivity index (χ4n) is 4.19. The fourth-order valence-corrected chi connectivity index (χ4v) is 4.44. The van der Waals surface area contributed by atoms with Crippen LogP contribution in [0.1, 0.15) is 22.6 Å². The van der Waals surface area contributed by atoms with Crippen LogP contribution in [0.15, 0.2) is 88.8 Å². The maximum absolute atomic E-state index is 12.9. The zero-order valence-corrected chi connectivity index (χ0v) is 20.1. The molecule has 8 heteroatoms. The van der Waals surface area contributed by atoms with Crippen LogP contribution in [0.5, 0.6) is 0 Å². The van der Waals surface area contributed by atoms with Gasteiger partial charge in [-0.3, -0.25) is 4.57 Å². The summed E-state index contributed by atoms with van der Waals surface area (Å²) in [5, 5.41) is 12.7. The van der Waals surface area contributed by atoms with E-state index in [1.165, 1.54) is 4.68 Å². The quantitative estimate of drug-likeness (QED) is 0.375. The van der Waals surface area contributed by atoms with E-state index in [9.17, 15) is 4.79 Å². The topological polar surface area (TPSA) is 55.4 Å². The number of halogens is 2. The molecule has 6 nitrogen and oxygen atoms in total. The first-order chi connectivity index (χ1) is 16.5. The van der Waals surface area contributed by atoms with Gasteiger partial charge in [-0.1, -0.05) is 77.8 Å². The van der Waals surface area contributed by atoms with Crippen molar-refractivity contribution in [2.24, 2.45) is 12.1 Å². The molecule has 5 rings (SSSR count). The first-order valence-electron chi connectivity index (χ1n) is 11.0. The van der Waals surface area contributed by atoms with Crippen molar-refractivity contribution in [3.8, 4) is 0 Å². The lowest BCUT2D eigenvalue weighted by molar-refractivity contribution is 0.584. The highest BCUT2D eigenvalue weighted by atomic mass is 35.5. The molecular formula is C26H23Cl2N5O. The minimum absolute atomic E-state index is 0.0386. The second kappa shape index (κ2) is 9.49.